The monoisotopic (exact) mass is 370 g/mol. The average Bonchev–Trinajstić information content (AvgIpc) is 2.60. The summed E-state index contributed by atoms with van der Waals surface area (Å²) in [7, 11) is -3.12. The summed E-state index contributed by atoms with van der Waals surface area (Å²) >= 11 is 0. The number of nitrogens with one attached hydrogen (secondary N) is 3. The Morgan fingerprint density at radius 3 is 2.56 bits per heavy atom. The number of benzene rings is 1. The van der Waals surface area contributed by atoms with E-state index in [0.29, 0.717) is 38.6 Å². The average molecular weight is 371 g/mol. The Morgan fingerprint density at radius 1 is 1.12 bits per heavy atom. The largest absolute Gasteiger partial charge is 0.494 e. The van der Waals surface area contributed by atoms with Gasteiger partial charge in [-0.25, -0.2) is 18.1 Å². The van der Waals surface area contributed by atoms with E-state index in [0.717, 1.165) is 17.9 Å². The highest BCUT2D eigenvalue weighted by Crippen LogP contribution is 2.18. The standard InChI is InChI=1S/C17H30N4O3S/c1-4-18-17(19-12-9-13-21-25(22,23)6-3)20-14-15-10-7-8-11-16(15)24-5-2/h7-8,10-11,21H,4-6,9,12-14H2,1-3H3,(H2,18,19,20). The van der Waals surface area contributed by atoms with Crippen molar-refractivity contribution in [3.8, 4) is 5.75 Å². The number of sulfonamides is 1. The Hall–Kier alpha value is -1.80. The predicted octanol–water partition coefficient (Wildman–Crippen LogP) is 1.47. The highest BCUT2D eigenvalue weighted by Gasteiger charge is 2.05. The normalized spacial score (nSPS) is 12.0. The summed E-state index contributed by atoms with van der Waals surface area (Å²) in [4.78, 5) is 4.56. The Kier molecular flexibility index (Phi) is 9.94. The maximum atomic E-state index is 11.4. The van der Waals surface area contributed by atoms with Gasteiger partial charge in [-0.05, 0) is 33.3 Å². The van der Waals surface area contributed by atoms with Gasteiger partial charge in [0.25, 0.3) is 0 Å². The minimum atomic E-state index is -3.12. The first-order valence-electron chi connectivity index (χ1n) is 8.72. The molecule has 0 aliphatic heterocycles. The van der Waals surface area contributed by atoms with Crippen LogP contribution in [0.15, 0.2) is 29.3 Å². The number of hydrogen-bond donors (Lipinski definition) is 3. The second kappa shape index (κ2) is 11.7. The zero-order valence-corrected chi connectivity index (χ0v) is 16.2. The van der Waals surface area contributed by atoms with Crippen molar-refractivity contribution in [1.82, 2.24) is 15.4 Å². The summed E-state index contributed by atoms with van der Waals surface area (Å²) in [6, 6.07) is 7.85. The molecular formula is C17H30N4O3S. The smallest absolute Gasteiger partial charge is 0.211 e. The molecule has 3 N–H and O–H groups in total. The molecule has 0 radical (unpaired) electrons. The summed E-state index contributed by atoms with van der Waals surface area (Å²) < 4.78 is 30.9. The molecule has 0 saturated carbocycles. The third-order valence-corrected chi connectivity index (χ3v) is 4.78. The number of ether oxygens (including phenoxy) is 1. The van der Waals surface area contributed by atoms with Crippen molar-refractivity contribution in [3.63, 3.8) is 0 Å². The highest BCUT2D eigenvalue weighted by molar-refractivity contribution is 7.89. The van der Waals surface area contributed by atoms with Crippen molar-refractivity contribution in [2.75, 3.05) is 32.0 Å². The van der Waals surface area contributed by atoms with E-state index in [1.807, 2.05) is 38.1 Å². The Bertz CT molecular complexity index is 633. The first-order chi connectivity index (χ1) is 12.0. The zero-order chi connectivity index (χ0) is 18.5. The van der Waals surface area contributed by atoms with E-state index in [1.54, 1.807) is 6.92 Å². The first-order valence-corrected chi connectivity index (χ1v) is 10.4. The molecule has 1 aromatic rings. The number of nitrogens with zero attached hydrogens (tertiary/aromatic N) is 1. The lowest BCUT2D eigenvalue weighted by Gasteiger charge is -2.12. The summed E-state index contributed by atoms with van der Waals surface area (Å²) in [5.74, 6) is 1.65. The van der Waals surface area contributed by atoms with Gasteiger partial charge < -0.3 is 15.4 Å². The molecule has 0 bridgehead atoms. The summed E-state index contributed by atoms with van der Waals surface area (Å²) in [5, 5.41) is 6.39. The second-order valence-electron chi connectivity index (χ2n) is 5.31. The van der Waals surface area contributed by atoms with Crippen molar-refractivity contribution in [2.24, 2.45) is 4.99 Å². The molecule has 0 aromatic heterocycles. The van der Waals surface area contributed by atoms with Gasteiger partial charge >= 0.3 is 0 Å². The van der Waals surface area contributed by atoms with Crippen molar-refractivity contribution in [3.05, 3.63) is 29.8 Å². The summed E-state index contributed by atoms with van der Waals surface area (Å²) in [6.45, 7) is 8.50. The van der Waals surface area contributed by atoms with Gasteiger partial charge in [-0.2, -0.15) is 0 Å². The number of aliphatic imine (C=N–C) groups is 1. The quantitative estimate of drug-likeness (QED) is 0.312. The lowest BCUT2D eigenvalue weighted by Crippen LogP contribution is -2.38. The molecule has 7 nitrogen and oxygen atoms in total. The lowest BCUT2D eigenvalue weighted by atomic mass is 10.2. The molecule has 8 heteroatoms. The lowest BCUT2D eigenvalue weighted by molar-refractivity contribution is 0.336. The van der Waals surface area contributed by atoms with E-state index < -0.39 is 10.0 Å². The van der Waals surface area contributed by atoms with Crippen LogP contribution in [-0.2, 0) is 16.6 Å². The second-order valence-corrected chi connectivity index (χ2v) is 7.41. The highest BCUT2D eigenvalue weighted by atomic mass is 32.2. The SMILES string of the molecule is CCNC(=NCc1ccccc1OCC)NCCCNS(=O)(=O)CC. The van der Waals surface area contributed by atoms with Crippen molar-refractivity contribution >= 4 is 16.0 Å². The maximum Gasteiger partial charge on any atom is 0.211 e. The maximum absolute atomic E-state index is 11.4. The van der Waals surface area contributed by atoms with Gasteiger partial charge in [0.1, 0.15) is 5.75 Å². The van der Waals surface area contributed by atoms with Crippen LogP contribution in [0.4, 0.5) is 0 Å². The van der Waals surface area contributed by atoms with Crippen LogP contribution < -0.4 is 20.1 Å². The predicted molar refractivity (Wildman–Crippen MR) is 103 cm³/mol. The third kappa shape index (κ3) is 8.74. The van der Waals surface area contributed by atoms with Gasteiger partial charge in [0.15, 0.2) is 5.96 Å². The van der Waals surface area contributed by atoms with E-state index in [9.17, 15) is 8.42 Å². The third-order valence-electron chi connectivity index (χ3n) is 3.37. The van der Waals surface area contributed by atoms with Gasteiger partial charge in [0, 0.05) is 25.2 Å². The van der Waals surface area contributed by atoms with Gasteiger partial charge in [0.2, 0.25) is 10.0 Å². The number of guanidine groups is 1. The Balaban J connectivity index is 2.51. The van der Waals surface area contributed by atoms with Gasteiger partial charge in [-0.1, -0.05) is 18.2 Å². The van der Waals surface area contributed by atoms with Crippen molar-refractivity contribution < 1.29 is 13.2 Å². The van der Waals surface area contributed by atoms with E-state index in [2.05, 4.69) is 20.3 Å². The number of hydrogen-bond acceptors (Lipinski definition) is 4. The fraction of sp³-hybridized carbons (Fsp3) is 0.588. The molecule has 1 rings (SSSR count). The molecule has 0 unspecified atom stereocenters. The molecule has 0 fully saturated rings. The summed E-state index contributed by atoms with van der Waals surface area (Å²) in [5.41, 5.74) is 1.03. The minimum Gasteiger partial charge on any atom is -0.494 e. The molecular weight excluding hydrogens is 340 g/mol. The van der Waals surface area contributed by atoms with Crippen LogP contribution in [0, 0.1) is 0 Å². The minimum absolute atomic E-state index is 0.101. The summed E-state index contributed by atoms with van der Waals surface area (Å²) in [6.07, 6.45) is 0.680. The molecule has 142 valence electrons. The van der Waals surface area contributed by atoms with Crippen LogP contribution in [0.25, 0.3) is 0 Å². The van der Waals surface area contributed by atoms with Crippen LogP contribution in [-0.4, -0.2) is 46.4 Å². The molecule has 0 heterocycles. The van der Waals surface area contributed by atoms with Crippen LogP contribution in [0.5, 0.6) is 5.75 Å². The molecule has 0 amide bonds. The fourth-order valence-electron chi connectivity index (χ4n) is 2.06. The van der Waals surface area contributed by atoms with Gasteiger partial charge in [0.05, 0.1) is 18.9 Å². The zero-order valence-electron chi connectivity index (χ0n) is 15.3. The molecule has 0 saturated heterocycles. The van der Waals surface area contributed by atoms with Crippen molar-refractivity contribution in [1.29, 1.82) is 0 Å². The van der Waals surface area contributed by atoms with Crippen LogP contribution in [0.2, 0.25) is 0 Å². The van der Waals surface area contributed by atoms with Crippen LogP contribution >= 0.6 is 0 Å². The molecule has 1 aromatic carbocycles. The van der Waals surface area contributed by atoms with Crippen LogP contribution in [0.1, 0.15) is 32.8 Å². The first kappa shape index (κ1) is 21.2. The molecule has 0 spiro atoms. The number of rotatable bonds is 11. The molecule has 0 atom stereocenters. The Labute approximate surface area is 151 Å². The van der Waals surface area contributed by atoms with Gasteiger partial charge in [-0.3, -0.25) is 0 Å². The van der Waals surface area contributed by atoms with Crippen LogP contribution in [0.3, 0.4) is 0 Å². The van der Waals surface area contributed by atoms with E-state index >= 15 is 0 Å². The fourth-order valence-corrected chi connectivity index (χ4v) is 2.72. The molecule has 25 heavy (non-hydrogen) atoms. The van der Waals surface area contributed by atoms with Gasteiger partial charge in [-0.15, -0.1) is 0 Å². The molecule has 0 aliphatic rings. The topological polar surface area (TPSA) is 91.8 Å². The van der Waals surface area contributed by atoms with E-state index in [-0.39, 0.29) is 5.75 Å². The number of para-hydroxylation sites is 1. The Morgan fingerprint density at radius 2 is 1.88 bits per heavy atom. The van der Waals surface area contributed by atoms with E-state index in [1.165, 1.54) is 0 Å². The van der Waals surface area contributed by atoms with E-state index in [4.69, 9.17) is 4.74 Å². The molecule has 0 aliphatic carbocycles. The van der Waals surface area contributed by atoms with Crippen molar-refractivity contribution in [2.45, 2.75) is 33.7 Å².